The highest BCUT2D eigenvalue weighted by molar-refractivity contribution is 9.10. The van der Waals surface area contributed by atoms with E-state index in [9.17, 15) is 4.79 Å². The molecule has 0 unspecified atom stereocenters. The van der Waals surface area contributed by atoms with E-state index in [0.29, 0.717) is 6.54 Å². The normalized spacial score (nSPS) is 14.4. The largest absolute Gasteiger partial charge is 0.335 e. The second kappa shape index (κ2) is 7.04. The molecule has 1 amide bonds. The van der Waals surface area contributed by atoms with Crippen LogP contribution in [0.3, 0.4) is 0 Å². The number of amides is 1. The van der Waals surface area contributed by atoms with Gasteiger partial charge in [-0.3, -0.25) is 9.78 Å². The van der Waals surface area contributed by atoms with Crippen LogP contribution < -0.4 is 0 Å². The van der Waals surface area contributed by atoms with Gasteiger partial charge in [0.2, 0.25) is 0 Å². The highest BCUT2D eigenvalue weighted by atomic mass is 79.9. The average molecular weight is 407 g/mol. The average Bonchev–Trinajstić information content (AvgIpc) is 2.67. The third kappa shape index (κ3) is 3.29. The van der Waals surface area contributed by atoms with Gasteiger partial charge in [-0.1, -0.05) is 58.4 Å². The Labute approximate surface area is 161 Å². The van der Waals surface area contributed by atoms with Crippen LogP contribution >= 0.6 is 15.9 Å². The first-order valence-corrected chi connectivity index (χ1v) is 9.52. The van der Waals surface area contributed by atoms with Crippen molar-refractivity contribution in [2.24, 2.45) is 0 Å². The van der Waals surface area contributed by atoms with Crippen molar-refractivity contribution in [2.45, 2.75) is 13.3 Å². The van der Waals surface area contributed by atoms with Crippen LogP contribution in [0.2, 0.25) is 0 Å². The van der Waals surface area contributed by atoms with Gasteiger partial charge in [0.15, 0.2) is 0 Å². The van der Waals surface area contributed by atoms with Crippen LogP contribution in [0.4, 0.5) is 0 Å². The Balaban J connectivity index is 1.63. The molecule has 0 atom stereocenters. The molecule has 2 aromatic carbocycles. The van der Waals surface area contributed by atoms with Crippen molar-refractivity contribution in [2.75, 3.05) is 13.1 Å². The minimum absolute atomic E-state index is 0.0752. The molecular formula is C22H19BrN2O. The molecular weight excluding hydrogens is 388 g/mol. The molecule has 26 heavy (non-hydrogen) atoms. The number of carbonyl (C=O) groups is 1. The molecule has 1 aliphatic heterocycles. The number of benzene rings is 2. The van der Waals surface area contributed by atoms with Crippen molar-refractivity contribution in [1.82, 2.24) is 9.88 Å². The summed E-state index contributed by atoms with van der Waals surface area (Å²) < 4.78 is 0.968. The molecule has 4 rings (SSSR count). The lowest BCUT2D eigenvalue weighted by Crippen LogP contribution is -2.34. The number of pyridine rings is 1. The number of halogens is 1. The predicted octanol–water partition coefficient (Wildman–Crippen LogP) is 5.24. The first kappa shape index (κ1) is 17.0. The van der Waals surface area contributed by atoms with E-state index in [-0.39, 0.29) is 5.91 Å². The van der Waals surface area contributed by atoms with Crippen molar-refractivity contribution >= 4 is 38.3 Å². The molecule has 2 heterocycles. The van der Waals surface area contributed by atoms with Crippen LogP contribution in [0.1, 0.15) is 28.0 Å². The number of carbonyl (C=O) groups excluding carboxylic acids is 1. The first-order chi connectivity index (χ1) is 12.6. The van der Waals surface area contributed by atoms with Gasteiger partial charge in [-0.15, -0.1) is 0 Å². The molecule has 0 saturated heterocycles. The summed E-state index contributed by atoms with van der Waals surface area (Å²) in [6.07, 6.45) is 3.05. The molecule has 0 saturated carbocycles. The minimum Gasteiger partial charge on any atom is -0.335 e. The maximum atomic E-state index is 13.2. The van der Waals surface area contributed by atoms with E-state index >= 15 is 0 Å². The van der Waals surface area contributed by atoms with E-state index in [1.165, 1.54) is 11.1 Å². The molecule has 0 fully saturated rings. The number of hydrogen-bond donors (Lipinski definition) is 0. The number of nitrogens with zero attached hydrogens (tertiary/aromatic N) is 2. The van der Waals surface area contributed by atoms with Crippen molar-refractivity contribution < 1.29 is 4.79 Å². The molecule has 0 N–H and O–H groups in total. The summed E-state index contributed by atoms with van der Waals surface area (Å²) in [5.41, 5.74) is 5.00. The summed E-state index contributed by atoms with van der Waals surface area (Å²) in [5.74, 6) is 0.0752. The van der Waals surface area contributed by atoms with Crippen molar-refractivity contribution in [3.63, 3.8) is 0 Å². The second-order valence-electron chi connectivity index (χ2n) is 6.57. The molecule has 4 heteroatoms. The molecule has 130 valence electrons. The fourth-order valence-electron chi connectivity index (χ4n) is 3.45. The summed E-state index contributed by atoms with van der Waals surface area (Å²) in [5, 5.41) is 0.904. The van der Waals surface area contributed by atoms with Crippen molar-refractivity contribution in [3.8, 4) is 0 Å². The molecule has 0 spiro atoms. The van der Waals surface area contributed by atoms with E-state index in [0.717, 1.165) is 39.6 Å². The summed E-state index contributed by atoms with van der Waals surface area (Å²) in [6, 6.07) is 18.2. The maximum absolute atomic E-state index is 13.2. The van der Waals surface area contributed by atoms with E-state index in [4.69, 9.17) is 0 Å². The van der Waals surface area contributed by atoms with Crippen LogP contribution in [0.25, 0.3) is 16.5 Å². The standard InChI is InChI=1S/C22H19BrN2O/c1-15-13-20(19-8-7-18(23)14-21(19)24-15)22(26)25-11-9-17(10-12-25)16-5-3-2-4-6-16/h2-9,13-14H,10-12H2,1H3. The van der Waals surface area contributed by atoms with Crippen LogP contribution in [0.15, 0.2) is 65.1 Å². The van der Waals surface area contributed by atoms with Gasteiger partial charge in [0.05, 0.1) is 11.1 Å². The zero-order chi connectivity index (χ0) is 18.1. The quantitative estimate of drug-likeness (QED) is 0.583. The lowest BCUT2D eigenvalue weighted by atomic mass is 9.98. The zero-order valence-electron chi connectivity index (χ0n) is 14.6. The van der Waals surface area contributed by atoms with Crippen molar-refractivity contribution in [3.05, 3.63) is 82.0 Å². The number of hydrogen-bond acceptors (Lipinski definition) is 2. The SMILES string of the molecule is Cc1cc(C(=O)N2CC=C(c3ccccc3)CC2)c2ccc(Br)cc2n1. The second-order valence-corrected chi connectivity index (χ2v) is 7.48. The van der Waals surface area contributed by atoms with Crippen molar-refractivity contribution in [1.29, 1.82) is 0 Å². The highest BCUT2D eigenvalue weighted by Gasteiger charge is 2.21. The molecule has 3 aromatic rings. The Morgan fingerprint density at radius 3 is 2.65 bits per heavy atom. The van der Waals surface area contributed by atoms with Gasteiger partial charge in [0.25, 0.3) is 5.91 Å². The summed E-state index contributed by atoms with van der Waals surface area (Å²) in [6.45, 7) is 3.31. The lowest BCUT2D eigenvalue weighted by molar-refractivity contribution is 0.0774. The lowest BCUT2D eigenvalue weighted by Gasteiger charge is -2.27. The van der Waals surface area contributed by atoms with Gasteiger partial charge in [0, 0.05) is 28.6 Å². The maximum Gasteiger partial charge on any atom is 0.254 e. The Hall–Kier alpha value is -2.46. The van der Waals surface area contributed by atoms with Crippen LogP contribution in [0.5, 0.6) is 0 Å². The van der Waals surface area contributed by atoms with Gasteiger partial charge in [0.1, 0.15) is 0 Å². The monoisotopic (exact) mass is 406 g/mol. The molecule has 1 aliphatic rings. The predicted molar refractivity (Wildman–Crippen MR) is 109 cm³/mol. The van der Waals surface area contributed by atoms with Gasteiger partial charge in [-0.2, -0.15) is 0 Å². The van der Waals surface area contributed by atoms with Gasteiger partial charge in [-0.05, 0) is 42.7 Å². The van der Waals surface area contributed by atoms with E-state index in [1.54, 1.807) is 0 Å². The molecule has 0 bridgehead atoms. The highest BCUT2D eigenvalue weighted by Crippen LogP contribution is 2.26. The van der Waals surface area contributed by atoms with E-state index in [1.807, 2.05) is 42.2 Å². The Morgan fingerprint density at radius 1 is 1.12 bits per heavy atom. The Morgan fingerprint density at radius 2 is 1.92 bits per heavy atom. The number of rotatable bonds is 2. The van der Waals surface area contributed by atoms with Crippen LogP contribution in [-0.4, -0.2) is 28.9 Å². The van der Waals surface area contributed by atoms with E-state index < -0.39 is 0 Å². The fraction of sp³-hybridized carbons (Fsp3) is 0.182. The van der Waals surface area contributed by atoms with Gasteiger partial charge < -0.3 is 4.90 Å². The van der Waals surface area contributed by atoms with Crippen LogP contribution in [-0.2, 0) is 0 Å². The van der Waals surface area contributed by atoms with Crippen LogP contribution in [0, 0.1) is 6.92 Å². The topological polar surface area (TPSA) is 33.2 Å². The van der Waals surface area contributed by atoms with E-state index in [2.05, 4.69) is 51.3 Å². The summed E-state index contributed by atoms with van der Waals surface area (Å²) in [7, 11) is 0. The third-order valence-corrected chi connectivity index (χ3v) is 5.26. The fourth-order valence-corrected chi connectivity index (χ4v) is 3.80. The Kier molecular flexibility index (Phi) is 4.60. The van der Waals surface area contributed by atoms with Gasteiger partial charge in [-0.25, -0.2) is 0 Å². The summed E-state index contributed by atoms with van der Waals surface area (Å²) >= 11 is 3.48. The number of aryl methyl sites for hydroxylation is 1. The Bertz CT molecular complexity index is 1010. The van der Waals surface area contributed by atoms with Gasteiger partial charge >= 0.3 is 0 Å². The number of fused-ring (bicyclic) bond motifs is 1. The molecule has 0 aliphatic carbocycles. The number of aromatic nitrogens is 1. The summed E-state index contributed by atoms with van der Waals surface area (Å²) in [4.78, 5) is 19.6. The smallest absolute Gasteiger partial charge is 0.254 e. The molecule has 1 aromatic heterocycles. The zero-order valence-corrected chi connectivity index (χ0v) is 16.2. The third-order valence-electron chi connectivity index (χ3n) is 4.77. The first-order valence-electron chi connectivity index (χ1n) is 8.72. The molecule has 3 nitrogen and oxygen atoms in total. The minimum atomic E-state index is 0.0752. The molecule has 0 radical (unpaired) electrons.